The first-order valence-electron chi connectivity index (χ1n) is 4.44. The number of nitrogen functional groups attached to an aromatic ring is 1. The summed E-state index contributed by atoms with van der Waals surface area (Å²) < 4.78 is 4.70. The van der Waals surface area contributed by atoms with Gasteiger partial charge in [-0.2, -0.15) is 0 Å². The van der Waals surface area contributed by atoms with Gasteiger partial charge in [0.25, 0.3) is 0 Å². The van der Waals surface area contributed by atoms with E-state index in [0.717, 1.165) is 0 Å². The van der Waals surface area contributed by atoms with Crippen LogP contribution in [0.15, 0.2) is 16.7 Å². The molecule has 0 saturated heterocycles. The highest BCUT2D eigenvalue weighted by atomic mass is 35.5. The maximum Gasteiger partial charge on any atom is 0.222 e. The van der Waals surface area contributed by atoms with E-state index in [1.165, 1.54) is 12.1 Å². The number of phenolic OH excluding ortho intramolecular Hbond substituents is 2. The summed E-state index contributed by atoms with van der Waals surface area (Å²) in [6.07, 6.45) is 0. The van der Waals surface area contributed by atoms with Crippen molar-refractivity contribution in [3.05, 3.63) is 22.7 Å². The van der Waals surface area contributed by atoms with E-state index in [1.54, 1.807) is 6.92 Å². The van der Waals surface area contributed by atoms with Gasteiger partial charge in [-0.15, -0.1) is 0 Å². The second-order valence-corrected chi connectivity index (χ2v) is 3.75. The number of nitrogens with zero attached hydrogens (tertiary/aromatic N) is 1. The van der Waals surface area contributed by atoms with Crippen molar-refractivity contribution in [2.24, 2.45) is 0 Å². The van der Waals surface area contributed by atoms with Crippen LogP contribution in [0.25, 0.3) is 11.3 Å². The van der Waals surface area contributed by atoms with Gasteiger partial charge in [0.2, 0.25) is 5.88 Å². The average Bonchev–Trinajstić information content (AvgIpc) is 2.62. The first-order chi connectivity index (χ1) is 7.50. The Labute approximate surface area is 96.1 Å². The fourth-order valence-electron chi connectivity index (χ4n) is 1.44. The lowest BCUT2D eigenvalue weighted by atomic mass is 10.0. The first kappa shape index (κ1) is 10.6. The number of hydrogen-bond acceptors (Lipinski definition) is 5. The largest absolute Gasteiger partial charge is 0.504 e. The average molecular weight is 241 g/mol. The van der Waals surface area contributed by atoms with Gasteiger partial charge < -0.3 is 20.5 Å². The van der Waals surface area contributed by atoms with Gasteiger partial charge in [-0.1, -0.05) is 16.8 Å². The molecule has 0 radical (unpaired) electrons. The van der Waals surface area contributed by atoms with Gasteiger partial charge in [-0.3, -0.25) is 0 Å². The zero-order valence-electron chi connectivity index (χ0n) is 8.36. The van der Waals surface area contributed by atoms with E-state index in [4.69, 9.17) is 21.9 Å². The summed E-state index contributed by atoms with van der Waals surface area (Å²) in [5.41, 5.74) is 6.61. The molecule has 0 fully saturated rings. The molecule has 0 aliphatic heterocycles. The van der Waals surface area contributed by atoms with Gasteiger partial charge in [0.1, 0.15) is 5.69 Å². The molecule has 1 aromatic carbocycles. The number of aromatic nitrogens is 1. The lowest BCUT2D eigenvalue weighted by Crippen LogP contribution is -1.87. The topological polar surface area (TPSA) is 92.5 Å². The molecule has 0 bridgehead atoms. The molecule has 16 heavy (non-hydrogen) atoms. The van der Waals surface area contributed by atoms with Crippen LogP contribution in [-0.4, -0.2) is 15.4 Å². The van der Waals surface area contributed by atoms with Crippen molar-refractivity contribution in [1.82, 2.24) is 5.16 Å². The van der Waals surface area contributed by atoms with E-state index in [2.05, 4.69) is 5.16 Å². The highest BCUT2D eigenvalue weighted by Crippen LogP contribution is 2.42. The normalized spacial score (nSPS) is 10.6. The zero-order valence-corrected chi connectivity index (χ0v) is 9.12. The summed E-state index contributed by atoms with van der Waals surface area (Å²) in [6.45, 7) is 1.70. The molecule has 6 heteroatoms. The maximum atomic E-state index is 9.73. The molecule has 1 heterocycles. The Morgan fingerprint density at radius 3 is 2.62 bits per heavy atom. The van der Waals surface area contributed by atoms with Crippen LogP contribution in [0.4, 0.5) is 5.88 Å². The van der Waals surface area contributed by atoms with E-state index >= 15 is 0 Å². The van der Waals surface area contributed by atoms with Crippen LogP contribution in [0.3, 0.4) is 0 Å². The Hall–Kier alpha value is -1.88. The number of rotatable bonds is 1. The number of hydrogen-bond donors (Lipinski definition) is 3. The molecule has 0 unspecified atom stereocenters. The number of halogens is 1. The third-order valence-electron chi connectivity index (χ3n) is 2.26. The Kier molecular flexibility index (Phi) is 2.40. The molecule has 0 atom stereocenters. The molecule has 84 valence electrons. The minimum absolute atomic E-state index is 0.119. The van der Waals surface area contributed by atoms with E-state index in [-0.39, 0.29) is 17.4 Å². The van der Waals surface area contributed by atoms with Crippen LogP contribution in [0.5, 0.6) is 11.5 Å². The third-order valence-corrected chi connectivity index (χ3v) is 2.65. The molecule has 0 amide bonds. The monoisotopic (exact) mass is 240 g/mol. The van der Waals surface area contributed by atoms with E-state index < -0.39 is 0 Å². The Morgan fingerprint density at radius 2 is 2.06 bits per heavy atom. The summed E-state index contributed by atoms with van der Waals surface area (Å²) in [6, 6.07) is 2.71. The summed E-state index contributed by atoms with van der Waals surface area (Å²) in [4.78, 5) is 0. The number of phenols is 2. The SMILES string of the molecule is Cc1c(Cl)cc(O)c(O)c1-c1cc(N)on1. The van der Waals surface area contributed by atoms with Crippen molar-refractivity contribution in [3.63, 3.8) is 0 Å². The van der Waals surface area contributed by atoms with Crippen molar-refractivity contribution >= 4 is 17.5 Å². The molecule has 2 aromatic rings. The summed E-state index contributed by atoms with van der Waals surface area (Å²) >= 11 is 5.89. The van der Waals surface area contributed by atoms with Gasteiger partial charge in [0.15, 0.2) is 11.5 Å². The van der Waals surface area contributed by atoms with Gasteiger partial charge >= 0.3 is 0 Å². The van der Waals surface area contributed by atoms with Crippen molar-refractivity contribution in [2.75, 3.05) is 5.73 Å². The molecule has 0 aliphatic rings. The van der Waals surface area contributed by atoms with Gasteiger partial charge in [-0.05, 0) is 12.5 Å². The highest BCUT2D eigenvalue weighted by molar-refractivity contribution is 6.32. The molecule has 0 spiro atoms. The molecule has 4 N–H and O–H groups in total. The molecule has 2 rings (SSSR count). The van der Waals surface area contributed by atoms with Crippen LogP contribution < -0.4 is 5.73 Å². The lowest BCUT2D eigenvalue weighted by molar-refractivity contribution is 0.403. The second-order valence-electron chi connectivity index (χ2n) is 3.34. The molecule has 0 saturated carbocycles. The first-order valence-corrected chi connectivity index (χ1v) is 4.82. The number of nitrogens with two attached hydrogens (primary N) is 1. The predicted molar refractivity (Wildman–Crippen MR) is 59.4 cm³/mol. The van der Waals surface area contributed by atoms with Crippen molar-refractivity contribution < 1.29 is 14.7 Å². The minimum Gasteiger partial charge on any atom is -0.504 e. The van der Waals surface area contributed by atoms with E-state index in [1.807, 2.05) is 0 Å². The summed E-state index contributed by atoms with van der Waals surface area (Å²) in [7, 11) is 0. The summed E-state index contributed by atoms with van der Waals surface area (Å²) in [5.74, 6) is -0.490. The van der Waals surface area contributed by atoms with Gasteiger partial charge in [-0.25, -0.2) is 0 Å². The smallest absolute Gasteiger partial charge is 0.222 e. The predicted octanol–water partition coefficient (Wildman–Crippen LogP) is 2.30. The second kappa shape index (κ2) is 3.61. The van der Waals surface area contributed by atoms with Crippen LogP contribution in [0.2, 0.25) is 5.02 Å². The van der Waals surface area contributed by atoms with Crippen molar-refractivity contribution in [1.29, 1.82) is 0 Å². The van der Waals surface area contributed by atoms with Crippen molar-refractivity contribution in [3.8, 4) is 22.8 Å². The van der Waals surface area contributed by atoms with E-state index in [9.17, 15) is 10.2 Å². The number of anilines is 1. The van der Waals surface area contributed by atoms with Gasteiger partial charge in [0.05, 0.1) is 5.56 Å². The highest BCUT2D eigenvalue weighted by Gasteiger charge is 2.18. The van der Waals surface area contributed by atoms with Crippen LogP contribution >= 0.6 is 11.6 Å². The van der Waals surface area contributed by atoms with Gasteiger partial charge in [0, 0.05) is 17.2 Å². The van der Waals surface area contributed by atoms with E-state index in [0.29, 0.717) is 21.8 Å². The third kappa shape index (κ3) is 1.55. The molecular weight excluding hydrogens is 232 g/mol. The maximum absolute atomic E-state index is 9.73. The van der Waals surface area contributed by atoms with Crippen LogP contribution in [0.1, 0.15) is 5.56 Å². The molecular formula is C10H9ClN2O3. The molecule has 1 aromatic heterocycles. The van der Waals surface area contributed by atoms with Crippen LogP contribution in [0, 0.1) is 6.92 Å². The fraction of sp³-hybridized carbons (Fsp3) is 0.100. The fourth-order valence-corrected chi connectivity index (χ4v) is 1.64. The Balaban J connectivity index is 2.73. The Morgan fingerprint density at radius 1 is 1.38 bits per heavy atom. The quantitative estimate of drug-likeness (QED) is 0.665. The lowest BCUT2D eigenvalue weighted by Gasteiger charge is -2.08. The summed E-state index contributed by atoms with van der Waals surface area (Å²) in [5, 5.41) is 23.2. The number of benzene rings is 1. The molecule has 0 aliphatic carbocycles. The zero-order chi connectivity index (χ0) is 11.9. The molecule has 5 nitrogen and oxygen atoms in total. The minimum atomic E-state index is -0.313. The Bertz CT molecular complexity index is 525. The van der Waals surface area contributed by atoms with Crippen LogP contribution in [-0.2, 0) is 0 Å². The van der Waals surface area contributed by atoms with Crippen molar-refractivity contribution in [2.45, 2.75) is 6.92 Å². The number of aromatic hydroxyl groups is 2. The standard InChI is InChI=1S/C10H9ClN2O3/c1-4-5(11)2-7(14)10(15)9(4)6-3-8(12)16-13-6/h2-3,14-15H,12H2,1H3.